The van der Waals surface area contributed by atoms with E-state index in [-0.39, 0.29) is 13.2 Å². The summed E-state index contributed by atoms with van der Waals surface area (Å²) in [6.45, 7) is -0.698. The third-order valence-corrected chi connectivity index (χ3v) is 4.20. The van der Waals surface area contributed by atoms with Crippen LogP contribution in [0.25, 0.3) is 0 Å². The molecular weight excluding hydrogens is 295 g/mol. The first-order chi connectivity index (χ1) is 8.77. The van der Waals surface area contributed by atoms with Gasteiger partial charge in [0.1, 0.15) is 12.2 Å². The first-order valence-electron chi connectivity index (χ1n) is 5.77. The van der Waals surface area contributed by atoms with E-state index in [0.29, 0.717) is 0 Å². The van der Waals surface area contributed by atoms with Crippen molar-refractivity contribution in [3.05, 3.63) is 0 Å². The molecule has 0 heterocycles. The van der Waals surface area contributed by atoms with Gasteiger partial charge in [0.25, 0.3) is 0 Å². The molecule has 3 N–H and O–H groups in total. The van der Waals surface area contributed by atoms with Crippen molar-refractivity contribution in [1.29, 1.82) is 0 Å². The quantitative estimate of drug-likeness (QED) is 0.485. The average Bonchev–Trinajstić information content (AvgIpc) is 2.29. The lowest BCUT2D eigenvalue weighted by Gasteiger charge is -2.26. The van der Waals surface area contributed by atoms with E-state index in [1.807, 2.05) is 0 Å². The molecule has 0 spiro atoms. The fraction of sp³-hybridized carbons (Fsp3) is 1.00. The van der Waals surface area contributed by atoms with Crippen LogP contribution in [0.2, 0.25) is 0 Å². The minimum atomic E-state index is -3.48. The van der Waals surface area contributed by atoms with E-state index < -0.39 is 31.1 Å². The Morgan fingerprint density at radius 3 is 2.05 bits per heavy atom. The molecule has 0 aliphatic heterocycles. The summed E-state index contributed by atoms with van der Waals surface area (Å²) in [6, 6.07) is 0. The molecule has 5 unspecified atom stereocenters. The summed E-state index contributed by atoms with van der Waals surface area (Å²) in [6.07, 6.45) is -2.60. The fourth-order valence-electron chi connectivity index (χ4n) is 1.29. The molecule has 0 saturated carbocycles. The maximum absolute atomic E-state index is 9.86. The van der Waals surface area contributed by atoms with Crippen molar-refractivity contribution in [2.75, 3.05) is 27.4 Å². The molecule has 7 nitrogen and oxygen atoms in total. The highest BCUT2D eigenvalue weighted by molar-refractivity contribution is 8.07. The zero-order chi connectivity index (χ0) is 15.1. The van der Waals surface area contributed by atoms with Gasteiger partial charge in [0.15, 0.2) is 0 Å². The molecule has 0 amide bonds. The lowest BCUT2D eigenvalue weighted by atomic mass is 10.2. The van der Waals surface area contributed by atoms with E-state index in [9.17, 15) is 10.00 Å². The number of methoxy groups -OCH3 is 2. The van der Waals surface area contributed by atoms with Crippen LogP contribution in [0.3, 0.4) is 0 Å². The minimum absolute atomic E-state index is 0.0918. The maximum Gasteiger partial charge on any atom is 0.324 e. The lowest BCUT2D eigenvalue weighted by molar-refractivity contribution is -0.0448. The molecule has 0 aromatic rings. The molecular formula is C10H23O7PS. The Balaban J connectivity index is 4.35. The Labute approximate surface area is 118 Å². The summed E-state index contributed by atoms with van der Waals surface area (Å²) in [7, 11) is 2.83. The first kappa shape index (κ1) is 19.4. The van der Waals surface area contributed by atoms with E-state index in [4.69, 9.17) is 35.4 Å². The van der Waals surface area contributed by atoms with Crippen molar-refractivity contribution >= 4 is 18.5 Å². The molecule has 0 aliphatic carbocycles. The third-order valence-electron chi connectivity index (χ3n) is 2.55. The molecule has 0 aromatic carbocycles. The predicted molar refractivity (Wildman–Crippen MR) is 73.4 cm³/mol. The zero-order valence-corrected chi connectivity index (χ0v) is 13.3. The number of aliphatic hydroxyl groups excluding tert-OH is 2. The number of hydrogen-bond acceptors (Lipinski definition) is 7. The number of aliphatic hydroxyl groups is 2. The summed E-state index contributed by atoms with van der Waals surface area (Å²) in [4.78, 5) is 9.86. The molecule has 0 aliphatic rings. The van der Waals surface area contributed by atoms with Gasteiger partial charge in [0.05, 0.1) is 25.4 Å². The summed E-state index contributed by atoms with van der Waals surface area (Å²) in [5.74, 6) is 0. The van der Waals surface area contributed by atoms with Gasteiger partial charge in [-0.25, -0.2) is 0 Å². The van der Waals surface area contributed by atoms with E-state index in [1.54, 1.807) is 6.92 Å². The fourth-order valence-corrected chi connectivity index (χ4v) is 2.84. The van der Waals surface area contributed by atoms with Crippen LogP contribution in [0.1, 0.15) is 13.8 Å². The Hall–Kier alpha value is 0.370. The molecule has 0 bridgehead atoms. The monoisotopic (exact) mass is 318 g/mol. The van der Waals surface area contributed by atoms with Crippen LogP contribution in [0, 0.1) is 0 Å². The molecule has 0 radical (unpaired) electrons. The van der Waals surface area contributed by atoms with Crippen LogP contribution in [0.15, 0.2) is 0 Å². The highest BCUT2D eigenvalue weighted by atomic mass is 32.5. The Morgan fingerprint density at radius 1 is 1.16 bits per heavy atom. The van der Waals surface area contributed by atoms with Gasteiger partial charge in [0, 0.05) is 14.2 Å². The van der Waals surface area contributed by atoms with Gasteiger partial charge in [-0.15, -0.1) is 0 Å². The average molecular weight is 318 g/mol. The Kier molecular flexibility index (Phi) is 9.51. The van der Waals surface area contributed by atoms with Crippen molar-refractivity contribution < 1.29 is 33.6 Å². The highest BCUT2D eigenvalue weighted by Gasteiger charge is 2.27. The second-order valence-corrected chi connectivity index (χ2v) is 6.84. The summed E-state index contributed by atoms with van der Waals surface area (Å²) >= 11 is 4.84. The zero-order valence-electron chi connectivity index (χ0n) is 11.6. The van der Waals surface area contributed by atoms with Crippen molar-refractivity contribution in [2.24, 2.45) is 0 Å². The lowest BCUT2D eigenvalue weighted by Crippen LogP contribution is -2.32. The molecule has 0 saturated heterocycles. The van der Waals surface area contributed by atoms with Gasteiger partial charge in [-0.05, 0) is 25.7 Å². The normalized spacial score (nSPS) is 21.4. The van der Waals surface area contributed by atoms with Crippen LogP contribution in [-0.4, -0.2) is 67.0 Å². The molecule has 0 fully saturated rings. The number of ether oxygens (including phenoxy) is 2. The second kappa shape index (κ2) is 9.33. The standard InChI is InChI=1S/C10H23O7PS/c1-7(12)10(15-4)6-16-18(13,19)17-8(2)9(5-11)14-3/h7-12H,5-6H2,1-4H3,(H,13,19). The molecule has 0 aromatic heterocycles. The molecule has 0 rings (SSSR count). The summed E-state index contributed by atoms with van der Waals surface area (Å²) in [5.41, 5.74) is 0. The van der Waals surface area contributed by atoms with Gasteiger partial charge in [-0.2, -0.15) is 0 Å². The van der Waals surface area contributed by atoms with Gasteiger partial charge in [0.2, 0.25) is 0 Å². The van der Waals surface area contributed by atoms with Gasteiger partial charge in [-0.3, -0.25) is 0 Å². The van der Waals surface area contributed by atoms with Crippen molar-refractivity contribution in [1.82, 2.24) is 0 Å². The number of rotatable bonds is 10. The smallest absolute Gasteiger partial charge is 0.324 e. The minimum Gasteiger partial charge on any atom is -0.394 e. The van der Waals surface area contributed by atoms with E-state index in [1.165, 1.54) is 21.1 Å². The second-order valence-electron chi connectivity index (χ2n) is 4.05. The van der Waals surface area contributed by atoms with Gasteiger partial charge < -0.3 is 33.6 Å². The van der Waals surface area contributed by atoms with Crippen LogP contribution >= 0.6 is 6.72 Å². The summed E-state index contributed by atoms with van der Waals surface area (Å²) < 4.78 is 20.2. The van der Waals surface area contributed by atoms with E-state index in [2.05, 4.69) is 0 Å². The van der Waals surface area contributed by atoms with Crippen molar-refractivity contribution in [2.45, 2.75) is 38.3 Å². The van der Waals surface area contributed by atoms with Gasteiger partial charge in [-0.1, -0.05) is 0 Å². The summed E-state index contributed by atoms with van der Waals surface area (Å²) in [5, 5.41) is 18.4. The van der Waals surface area contributed by atoms with Crippen LogP contribution in [-0.2, 0) is 30.3 Å². The predicted octanol–water partition coefficient (Wildman–Crippen LogP) is 0.0280. The SMILES string of the molecule is COC(COP(O)(=S)OC(C)C(CO)OC)C(C)O. The number of hydrogen-bond donors (Lipinski definition) is 3. The molecule has 116 valence electrons. The largest absolute Gasteiger partial charge is 0.394 e. The van der Waals surface area contributed by atoms with Crippen molar-refractivity contribution in [3.8, 4) is 0 Å². The first-order valence-corrected chi connectivity index (χ1v) is 8.36. The van der Waals surface area contributed by atoms with E-state index >= 15 is 0 Å². The molecule has 9 heteroatoms. The third kappa shape index (κ3) is 7.65. The highest BCUT2D eigenvalue weighted by Crippen LogP contribution is 2.45. The molecule has 5 atom stereocenters. The van der Waals surface area contributed by atoms with Crippen molar-refractivity contribution in [3.63, 3.8) is 0 Å². The van der Waals surface area contributed by atoms with E-state index in [0.717, 1.165) is 0 Å². The van der Waals surface area contributed by atoms with Gasteiger partial charge >= 0.3 is 6.72 Å². The van der Waals surface area contributed by atoms with Crippen LogP contribution in [0.4, 0.5) is 0 Å². The molecule has 19 heavy (non-hydrogen) atoms. The topological polar surface area (TPSA) is 97.6 Å². The van der Waals surface area contributed by atoms with Crippen LogP contribution in [0.5, 0.6) is 0 Å². The Morgan fingerprint density at radius 2 is 1.68 bits per heavy atom. The Bertz CT molecular complexity index is 285. The van der Waals surface area contributed by atoms with Crippen LogP contribution < -0.4 is 0 Å². The maximum atomic E-state index is 9.86.